The SMILES string of the molecule is Cc1cc(C=NNC(=O)c2cc3c(ccc4ccccc43)o2)c(C)n1-c1ccc(N(C)C)cc1. The Hall–Kier alpha value is -4.32. The largest absolute Gasteiger partial charge is 0.451 e. The van der Waals surface area contributed by atoms with Gasteiger partial charge in [0.2, 0.25) is 0 Å². The van der Waals surface area contributed by atoms with Crippen LogP contribution in [0, 0.1) is 13.8 Å². The highest BCUT2D eigenvalue weighted by atomic mass is 16.3. The second-order valence-corrected chi connectivity index (χ2v) is 8.58. The Labute approximate surface area is 198 Å². The molecule has 34 heavy (non-hydrogen) atoms. The van der Waals surface area contributed by atoms with E-state index in [4.69, 9.17) is 4.42 Å². The normalized spacial score (nSPS) is 11.5. The zero-order valence-electron chi connectivity index (χ0n) is 19.7. The van der Waals surface area contributed by atoms with Crippen LogP contribution in [0.3, 0.4) is 0 Å². The van der Waals surface area contributed by atoms with Gasteiger partial charge in [0.15, 0.2) is 5.76 Å². The van der Waals surface area contributed by atoms with Gasteiger partial charge in [-0.1, -0.05) is 30.3 Å². The second-order valence-electron chi connectivity index (χ2n) is 8.58. The smallest absolute Gasteiger partial charge is 0.307 e. The Morgan fingerprint density at radius 2 is 1.74 bits per heavy atom. The minimum Gasteiger partial charge on any atom is -0.451 e. The number of nitrogens with one attached hydrogen (secondary N) is 1. The lowest BCUT2D eigenvalue weighted by molar-refractivity contribution is 0.0929. The van der Waals surface area contributed by atoms with Crippen molar-refractivity contribution in [3.8, 4) is 5.69 Å². The van der Waals surface area contributed by atoms with E-state index in [-0.39, 0.29) is 11.7 Å². The lowest BCUT2D eigenvalue weighted by Crippen LogP contribution is -2.16. The predicted octanol–water partition coefficient (Wildman–Crippen LogP) is 5.82. The highest BCUT2D eigenvalue weighted by molar-refractivity contribution is 6.08. The molecule has 5 aromatic rings. The fourth-order valence-corrected chi connectivity index (χ4v) is 4.34. The van der Waals surface area contributed by atoms with E-state index in [1.165, 1.54) is 0 Å². The molecule has 0 radical (unpaired) electrons. The third kappa shape index (κ3) is 3.83. The third-order valence-corrected chi connectivity index (χ3v) is 6.11. The summed E-state index contributed by atoms with van der Waals surface area (Å²) < 4.78 is 7.95. The number of fused-ring (bicyclic) bond motifs is 3. The summed E-state index contributed by atoms with van der Waals surface area (Å²) in [5.74, 6) is -0.153. The molecule has 0 aliphatic heterocycles. The van der Waals surface area contributed by atoms with Crippen molar-refractivity contribution in [1.29, 1.82) is 0 Å². The average Bonchev–Trinajstić information content (AvgIpc) is 3.40. The first kappa shape index (κ1) is 21.5. The number of hydrogen-bond acceptors (Lipinski definition) is 4. The van der Waals surface area contributed by atoms with Gasteiger partial charge in [-0.3, -0.25) is 4.79 Å². The van der Waals surface area contributed by atoms with Crippen molar-refractivity contribution in [1.82, 2.24) is 9.99 Å². The van der Waals surface area contributed by atoms with E-state index in [9.17, 15) is 4.79 Å². The van der Waals surface area contributed by atoms with Crippen LogP contribution in [0.2, 0.25) is 0 Å². The Morgan fingerprint density at radius 3 is 2.50 bits per heavy atom. The van der Waals surface area contributed by atoms with Gasteiger partial charge in [0.25, 0.3) is 0 Å². The molecule has 0 saturated heterocycles. The fraction of sp³-hybridized carbons (Fsp3) is 0.143. The summed E-state index contributed by atoms with van der Waals surface area (Å²) in [7, 11) is 4.05. The van der Waals surface area contributed by atoms with Gasteiger partial charge in [0, 0.05) is 47.8 Å². The van der Waals surface area contributed by atoms with Gasteiger partial charge < -0.3 is 13.9 Å². The molecule has 0 bridgehead atoms. The Kier molecular flexibility index (Phi) is 5.42. The molecule has 0 atom stereocenters. The van der Waals surface area contributed by atoms with Crippen molar-refractivity contribution in [3.05, 3.63) is 95.5 Å². The standard InChI is InChI=1S/C28H26N4O2/c1-18-15-21(19(2)32(18)23-12-10-22(11-13-23)31(3)4)17-29-30-28(33)27-16-25-24-8-6-5-7-20(24)9-14-26(25)34-27/h5-17H,1-4H3,(H,30,33). The molecule has 5 rings (SSSR count). The monoisotopic (exact) mass is 450 g/mol. The number of aromatic nitrogens is 1. The molecule has 6 nitrogen and oxygen atoms in total. The molecule has 0 spiro atoms. The molecule has 0 fully saturated rings. The molecule has 6 heteroatoms. The predicted molar refractivity (Wildman–Crippen MR) is 138 cm³/mol. The summed E-state index contributed by atoms with van der Waals surface area (Å²) in [6, 6.07) is 24.1. The van der Waals surface area contributed by atoms with Crippen molar-refractivity contribution in [2.75, 3.05) is 19.0 Å². The maximum Gasteiger partial charge on any atom is 0.307 e. The first-order chi connectivity index (χ1) is 16.4. The number of hydrazone groups is 1. The summed E-state index contributed by atoms with van der Waals surface area (Å²) in [4.78, 5) is 14.8. The van der Waals surface area contributed by atoms with Gasteiger partial charge in [-0.2, -0.15) is 5.10 Å². The van der Waals surface area contributed by atoms with Crippen molar-refractivity contribution >= 4 is 39.6 Å². The average molecular weight is 451 g/mol. The third-order valence-electron chi connectivity index (χ3n) is 6.11. The van der Waals surface area contributed by atoms with E-state index in [1.807, 2.05) is 57.4 Å². The first-order valence-electron chi connectivity index (χ1n) is 11.1. The molecular weight excluding hydrogens is 424 g/mol. The number of nitrogens with zero attached hydrogens (tertiary/aromatic N) is 3. The van der Waals surface area contributed by atoms with Gasteiger partial charge in [-0.05, 0) is 67.1 Å². The Morgan fingerprint density at radius 1 is 0.971 bits per heavy atom. The summed E-state index contributed by atoms with van der Waals surface area (Å²) in [6.07, 6.45) is 1.67. The lowest BCUT2D eigenvalue weighted by Gasteiger charge is -2.14. The number of carbonyl (C=O) groups excluding carboxylic acids is 1. The number of hydrogen-bond donors (Lipinski definition) is 1. The molecule has 1 amide bonds. The van der Waals surface area contributed by atoms with E-state index in [2.05, 4.69) is 57.2 Å². The van der Waals surface area contributed by atoms with Crippen LogP contribution in [0.5, 0.6) is 0 Å². The van der Waals surface area contributed by atoms with Crippen LogP contribution in [-0.2, 0) is 0 Å². The van der Waals surface area contributed by atoms with Gasteiger partial charge in [0.1, 0.15) is 5.58 Å². The minimum absolute atomic E-state index is 0.231. The highest BCUT2D eigenvalue weighted by Gasteiger charge is 2.14. The van der Waals surface area contributed by atoms with E-state index in [0.717, 1.165) is 44.5 Å². The zero-order valence-corrected chi connectivity index (χ0v) is 19.7. The summed E-state index contributed by atoms with van der Waals surface area (Å²) >= 11 is 0. The number of rotatable bonds is 5. The van der Waals surface area contributed by atoms with E-state index < -0.39 is 0 Å². The van der Waals surface area contributed by atoms with Crippen molar-refractivity contribution in [2.45, 2.75) is 13.8 Å². The van der Waals surface area contributed by atoms with Crippen LogP contribution in [0.25, 0.3) is 27.4 Å². The molecular formula is C28H26N4O2. The maximum absolute atomic E-state index is 12.7. The molecule has 1 N–H and O–H groups in total. The van der Waals surface area contributed by atoms with Crippen LogP contribution in [0.15, 0.2) is 82.3 Å². The summed E-state index contributed by atoms with van der Waals surface area (Å²) in [6.45, 7) is 4.10. The van der Waals surface area contributed by atoms with E-state index in [0.29, 0.717) is 5.58 Å². The molecule has 2 heterocycles. The molecule has 3 aromatic carbocycles. The van der Waals surface area contributed by atoms with Gasteiger partial charge in [-0.15, -0.1) is 0 Å². The van der Waals surface area contributed by atoms with Gasteiger partial charge in [-0.25, -0.2) is 5.43 Å². The lowest BCUT2D eigenvalue weighted by atomic mass is 10.1. The van der Waals surface area contributed by atoms with Crippen molar-refractivity contribution < 1.29 is 9.21 Å². The molecule has 0 aliphatic carbocycles. The summed E-state index contributed by atoms with van der Waals surface area (Å²) in [5.41, 5.74) is 8.57. The number of amides is 1. The molecule has 0 unspecified atom stereocenters. The molecule has 0 aliphatic rings. The van der Waals surface area contributed by atoms with Crippen LogP contribution < -0.4 is 10.3 Å². The van der Waals surface area contributed by atoms with Gasteiger partial charge in [0.05, 0.1) is 6.21 Å². The van der Waals surface area contributed by atoms with Gasteiger partial charge >= 0.3 is 5.91 Å². The number of furan rings is 1. The molecule has 0 saturated carbocycles. The second kappa shape index (κ2) is 8.56. The van der Waals surface area contributed by atoms with Crippen molar-refractivity contribution in [3.63, 3.8) is 0 Å². The molecule has 2 aromatic heterocycles. The topological polar surface area (TPSA) is 62.8 Å². The van der Waals surface area contributed by atoms with E-state index in [1.54, 1.807) is 12.3 Å². The molecule has 170 valence electrons. The fourth-order valence-electron chi connectivity index (χ4n) is 4.34. The number of aryl methyl sites for hydroxylation is 1. The Balaban J connectivity index is 1.35. The number of benzene rings is 3. The van der Waals surface area contributed by atoms with Crippen LogP contribution in [0.4, 0.5) is 5.69 Å². The quantitative estimate of drug-likeness (QED) is 0.271. The highest BCUT2D eigenvalue weighted by Crippen LogP contribution is 2.28. The van der Waals surface area contributed by atoms with E-state index >= 15 is 0 Å². The number of carbonyl (C=O) groups is 1. The number of anilines is 1. The Bertz CT molecular complexity index is 1540. The minimum atomic E-state index is -0.385. The maximum atomic E-state index is 12.7. The van der Waals surface area contributed by atoms with Crippen LogP contribution >= 0.6 is 0 Å². The summed E-state index contributed by atoms with van der Waals surface area (Å²) in [5, 5.41) is 7.26. The van der Waals surface area contributed by atoms with Crippen molar-refractivity contribution in [2.24, 2.45) is 5.10 Å². The first-order valence-corrected chi connectivity index (χ1v) is 11.1. The van der Waals surface area contributed by atoms with Crippen LogP contribution in [0.1, 0.15) is 27.5 Å². The van der Waals surface area contributed by atoms with Crippen LogP contribution in [-0.4, -0.2) is 30.8 Å². The zero-order chi connectivity index (χ0) is 23.8.